The van der Waals surface area contributed by atoms with Crippen molar-refractivity contribution in [1.82, 2.24) is 5.06 Å². The number of allylic oxidation sites excluding steroid dienone is 9. The fourth-order valence-electron chi connectivity index (χ4n) is 4.05. The highest BCUT2D eigenvalue weighted by Gasteiger charge is 2.34. The van der Waals surface area contributed by atoms with Crippen LogP contribution in [0.2, 0.25) is 0 Å². The summed E-state index contributed by atoms with van der Waals surface area (Å²) in [7, 11) is 0. The second-order valence-corrected chi connectivity index (χ2v) is 9.23. The Balaban J connectivity index is 0.000000283. The number of carbonyl (C=O) groups is 3. The summed E-state index contributed by atoms with van der Waals surface area (Å²) in [6.45, 7) is 10.7. The third-order valence-electron chi connectivity index (χ3n) is 5.90. The first-order valence-electron chi connectivity index (χ1n) is 11.2. The van der Waals surface area contributed by atoms with E-state index in [4.69, 9.17) is 10.3 Å². The van der Waals surface area contributed by atoms with Crippen molar-refractivity contribution in [3.63, 3.8) is 0 Å². The summed E-state index contributed by atoms with van der Waals surface area (Å²) in [6, 6.07) is 6.30. The van der Waals surface area contributed by atoms with E-state index in [0.29, 0.717) is 0 Å². The van der Waals surface area contributed by atoms with Crippen molar-refractivity contribution in [2.45, 2.75) is 53.9 Å². The van der Waals surface area contributed by atoms with Gasteiger partial charge >= 0.3 is 5.97 Å². The molecular weight excluding hydrogens is 430 g/mol. The molecule has 6 heteroatoms. The highest BCUT2D eigenvalue weighted by atomic mass is 16.5. The molecule has 0 atom stereocenters. The van der Waals surface area contributed by atoms with Gasteiger partial charge in [0.15, 0.2) is 0 Å². The van der Waals surface area contributed by atoms with E-state index >= 15 is 0 Å². The van der Waals surface area contributed by atoms with Gasteiger partial charge in [-0.05, 0) is 68.7 Å². The lowest BCUT2D eigenvalue weighted by molar-refractivity contribution is -0.131. The van der Waals surface area contributed by atoms with Crippen LogP contribution in [0.25, 0.3) is 0 Å². The molecule has 1 aromatic rings. The number of hydroxylamine groups is 2. The highest BCUT2D eigenvalue weighted by Crippen LogP contribution is 2.40. The van der Waals surface area contributed by atoms with Crippen molar-refractivity contribution >= 4 is 17.8 Å². The Kier molecular flexibility index (Phi) is 9.10. The molecule has 1 heterocycles. The normalized spacial score (nSPS) is 18.5. The Morgan fingerprint density at radius 1 is 1.03 bits per heavy atom. The molecular formula is C28H33NO5. The quantitative estimate of drug-likeness (QED) is 0.232. The number of amides is 2. The average molecular weight is 464 g/mol. The summed E-state index contributed by atoms with van der Waals surface area (Å²) in [6.07, 6.45) is 15.0. The first-order valence-corrected chi connectivity index (χ1v) is 11.2. The van der Waals surface area contributed by atoms with Crippen LogP contribution in [-0.4, -0.2) is 33.2 Å². The van der Waals surface area contributed by atoms with Crippen LogP contribution in [0.1, 0.15) is 74.6 Å². The van der Waals surface area contributed by atoms with Gasteiger partial charge in [-0.15, -0.1) is 5.06 Å². The molecule has 2 amide bonds. The van der Waals surface area contributed by atoms with Crippen LogP contribution < -0.4 is 0 Å². The minimum absolute atomic E-state index is 0.130. The van der Waals surface area contributed by atoms with E-state index in [9.17, 15) is 14.4 Å². The number of rotatable bonds is 5. The van der Waals surface area contributed by atoms with Gasteiger partial charge in [0.05, 0.1) is 11.1 Å². The molecule has 1 aromatic carbocycles. The fourth-order valence-corrected chi connectivity index (χ4v) is 4.05. The number of benzene rings is 1. The van der Waals surface area contributed by atoms with Crippen LogP contribution in [0.5, 0.6) is 0 Å². The second-order valence-electron chi connectivity index (χ2n) is 9.23. The van der Waals surface area contributed by atoms with E-state index in [1.807, 2.05) is 12.2 Å². The van der Waals surface area contributed by atoms with E-state index in [2.05, 4.69) is 39.8 Å². The molecule has 1 aliphatic carbocycles. The number of hydrogen-bond acceptors (Lipinski definition) is 4. The lowest BCUT2D eigenvalue weighted by atomic mass is 9.72. The lowest BCUT2D eigenvalue weighted by Crippen LogP contribution is -2.25. The van der Waals surface area contributed by atoms with Crippen LogP contribution in [0, 0.1) is 5.41 Å². The van der Waals surface area contributed by atoms with Gasteiger partial charge < -0.3 is 5.11 Å². The molecule has 2 aliphatic rings. The number of hydrogen-bond donors (Lipinski definition) is 2. The number of nitrogens with zero attached hydrogens (tertiary/aromatic N) is 1. The topological polar surface area (TPSA) is 94.9 Å². The molecule has 0 spiro atoms. The summed E-state index contributed by atoms with van der Waals surface area (Å²) in [5.41, 5.74) is 5.60. The number of aliphatic carboxylic acids is 1. The van der Waals surface area contributed by atoms with Crippen molar-refractivity contribution in [2.75, 3.05) is 0 Å². The monoisotopic (exact) mass is 463 g/mol. The molecule has 0 aromatic heterocycles. The number of carboxylic acids is 1. The third-order valence-corrected chi connectivity index (χ3v) is 5.90. The van der Waals surface area contributed by atoms with Crippen LogP contribution >= 0.6 is 0 Å². The predicted octanol–water partition coefficient (Wildman–Crippen LogP) is 6.27. The molecule has 0 radical (unpaired) electrons. The zero-order valence-electron chi connectivity index (χ0n) is 20.5. The molecule has 34 heavy (non-hydrogen) atoms. The second kappa shape index (κ2) is 11.6. The first-order chi connectivity index (χ1) is 15.9. The Labute approximate surface area is 201 Å². The van der Waals surface area contributed by atoms with Crippen LogP contribution in [0.4, 0.5) is 0 Å². The molecule has 2 N–H and O–H groups in total. The van der Waals surface area contributed by atoms with Gasteiger partial charge in [0.1, 0.15) is 0 Å². The van der Waals surface area contributed by atoms with E-state index in [0.717, 1.165) is 11.1 Å². The fraction of sp³-hybridized carbons (Fsp3) is 0.321. The number of imide groups is 1. The van der Waals surface area contributed by atoms with Gasteiger partial charge in [-0.2, -0.15) is 0 Å². The highest BCUT2D eigenvalue weighted by molar-refractivity contribution is 6.20. The van der Waals surface area contributed by atoms with Crippen molar-refractivity contribution in [3.8, 4) is 0 Å². The molecule has 180 valence electrons. The molecule has 0 saturated heterocycles. The summed E-state index contributed by atoms with van der Waals surface area (Å²) in [5, 5.41) is 17.7. The maximum absolute atomic E-state index is 11.1. The van der Waals surface area contributed by atoms with E-state index in [-0.39, 0.29) is 21.6 Å². The molecule has 0 unspecified atom stereocenters. The van der Waals surface area contributed by atoms with Crippen LogP contribution in [-0.2, 0) is 4.79 Å². The minimum Gasteiger partial charge on any atom is -0.478 e. The summed E-state index contributed by atoms with van der Waals surface area (Å²) < 4.78 is 0. The first kappa shape index (κ1) is 26.7. The van der Waals surface area contributed by atoms with Crippen LogP contribution in [0.15, 0.2) is 83.0 Å². The van der Waals surface area contributed by atoms with Gasteiger partial charge in [-0.25, -0.2) is 4.79 Å². The molecule has 0 bridgehead atoms. The predicted molar refractivity (Wildman–Crippen MR) is 132 cm³/mol. The van der Waals surface area contributed by atoms with Crippen molar-refractivity contribution in [1.29, 1.82) is 0 Å². The van der Waals surface area contributed by atoms with Crippen molar-refractivity contribution in [3.05, 3.63) is 94.1 Å². The van der Waals surface area contributed by atoms with Crippen molar-refractivity contribution < 1.29 is 24.7 Å². The van der Waals surface area contributed by atoms with Crippen LogP contribution in [0.3, 0.4) is 0 Å². The Hall–Kier alpha value is -3.51. The Bertz CT molecular complexity index is 1080. The third kappa shape index (κ3) is 6.99. The molecule has 6 nitrogen and oxygen atoms in total. The molecule has 0 saturated carbocycles. The largest absolute Gasteiger partial charge is 0.478 e. The molecule has 3 rings (SSSR count). The average Bonchev–Trinajstić information content (AvgIpc) is 2.97. The Morgan fingerprint density at radius 3 is 2.15 bits per heavy atom. The smallest absolute Gasteiger partial charge is 0.328 e. The van der Waals surface area contributed by atoms with Gasteiger partial charge in [0.2, 0.25) is 0 Å². The maximum atomic E-state index is 11.1. The maximum Gasteiger partial charge on any atom is 0.328 e. The lowest BCUT2D eigenvalue weighted by Gasteiger charge is -2.32. The van der Waals surface area contributed by atoms with E-state index < -0.39 is 17.8 Å². The molecule has 1 aliphatic heterocycles. The zero-order valence-corrected chi connectivity index (χ0v) is 20.5. The summed E-state index contributed by atoms with van der Waals surface area (Å²) in [4.78, 5) is 32.7. The van der Waals surface area contributed by atoms with E-state index in [1.54, 1.807) is 25.1 Å². The SMILES string of the molecule is CC1=C(/C=C/C(C)=C/C=C/C(C)=C/C(=O)O)C(C)(C)CCC1.O=C1c2ccccc2C(=O)N1O. The number of carbonyl (C=O) groups excluding carboxylic acids is 2. The van der Waals surface area contributed by atoms with E-state index in [1.165, 1.54) is 48.6 Å². The van der Waals surface area contributed by atoms with Crippen molar-refractivity contribution in [2.24, 2.45) is 5.41 Å². The minimum atomic E-state index is -0.912. The molecule has 0 fully saturated rings. The van der Waals surface area contributed by atoms with Gasteiger partial charge in [0.25, 0.3) is 11.8 Å². The van der Waals surface area contributed by atoms with Gasteiger partial charge in [-0.3, -0.25) is 14.8 Å². The number of carboxylic acid groups (broad SMARTS) is 1. The summed E-state index contributed by atoms with van der Waals surface area (Å²) >= 11 is 0. The summed E-state index contributed by atoms with van der Waals surface area (Å²) in [5.74, 6) is -2.23. The zero-order chi connectivity index (χ0) is 25.5. The Morgan fingerprint density at radius 2 is 1.62 bits per heavy atom. The van der Waals surface area contributed by atoms with Gasteiger partial charge in [0, 0.05) is 6.08 Å². The number of fused-ring (bicyclic) bond motifs is 1. The van der Waals surface area contributed by atoms with Gasteiger partial charge in [-0.1, -0.05) is 67.5 Å². The standard InChI is InChI=1S/C20H28O2.C8H5NO3/c1-15(8-6-9-16(2)14-19(21)22)11-12-18-17(3)10-7-13-20(18,4)5;10-7-5-3-1-2-4-6(5)8(11)9(7)12/h6,8-9,11-12,14H,7,10,13H2,1-5H3,(H,21,22);1-4,12H/b9-6+,12-11+,15-8+,16-14+;.